The molecule has 1 fully saturated rings. The van der Waals surface area contributed by atoms with Gasteiger partial charge in [0.15, 0.2) is 0 Å². The van der Waals surface area contributed by atoms with Gasteiger partial charge in [0.1, 0.15) is 5.60 Å². The van der Waals surface area contributed by atoms with Crippen molar-refractivity contribution >= 4 is 49.9 Å². The molecule has 1 N–H and O–H groups in total. The molecule has 3 aromatic carbocycles. The lowest BCUT2D eigenvalue weighted by atomic mass is 9.88. The quantitative estimate of drug-likeness (QED) is 0.250. The number of nitrogens with one attached hydrogen (secondary N) is 1. The molecule has 0 atom stereocenters. The van der Waals surface area contributed by atoms with Crippen molar-refractivity contribution in [2.75, 3.05) is 18.4 Å². The molecule has 7 heteroatoms. The maximum absolute atomic E-state index is 12.4. The second-order valence-corrected chi connectivity index (χ2v) is 12.0. The van der Waals surface area contributed by atoms with Gasteiger partial charge in [-0.05, 0) is 92.6 Å². The Morgan fingerprint density at radius 2 is 1.69 bits per heavy atom. The summed E-state index contributed by atoms with van der Waals surface area (Å²) in [6, 6.07) is 23.6. The summed E-state index contributed by atoms with van der Waals surface area (Å²) in [5.41, 5.74) is 9.04. The number of carbonyl (C=O) groups excluding carboxylic acids is 1. The van der Waals surface area contributed by atoms with Crippen molar-refractivity contribution in [2.45, 2.75) is 45.1 Å². The van der Waals surface area contributed by atoms with Crippen molar-refractivity contribution in [1.29, 1.82) is 0 Å². The third-order valence-corrected chi connectivity index (χ3v) is 8.02. The number of piperidine rings is 1. The number of benzene rings is 3. The Bertz CT molecular complexity index is 1630. The lowest BCUT2D eigenvalue weighted by molar-refractivity contribution is 0.0205. The summed E-state index contributed by atoms with van der Waals surface area (Å²) in [6.45, 7) is 7.18. The molecule has 1 saturated heterocycles. The number of hydrogen-bond donors (Lipinski definition) is 1. The number of anilines is 2. The number of pyridine rings is 1. The zero-order chi connectivity index (χ0) is 27.0. The highest BCUT2D eigenvalue weighted by molar-refractivity contribution is 7.16. The Labute approximate surface area is 232 Å². The van der Waals surface area contributed by atoms with Gasteiger partial charge in [0.05, 0.1) is 21.2 Å². The first-order chi connectivity index (χ1) is 18.8. The van der Waals surface area contributed by atoms with Crippen LogP contribution in [0.1, 0.15) is 45.1 Å². The summed E-state index contributed by atoms with van der Waals surface area (Å²) in [4.78, 5) is 23.3. The smallest absolute Gasteiger partial charge is 0.410 e. The van der Waals surface area contributed by atoms with Gasteiger partial charge >= 0.3 is 6.09 Å². The van der Waals surface area contributed by atoms with E-state index in [1.807, 2.05) is 43.4 Å². The van der Waals surface area contributed by atoms with Gasteiger partial charge < -0.3 is 15.0 Å². The zero-order valence-electron chi connectivity index (χ0n) is 22.5. The molecule has 0 unspecified atom stereocenters. The van der Waals surface area contributed by atoms with E-state index < -0.39 is 5.60 Å². The number of likely N-dealkylation sites (tertiary alicyclic amines) is 1. The van der Waals surface area contributed by atoms with Gasteiger partial charge in [-0.2, -0.15) is 0 Å². The van der Waals surface area contributed by atoms with Crippen LogP contribution in [0.15, 0.2) is 78.4 Å². The van der Waals surface area contributed by atoms with Gasteiger partial charge in [0.2, 0.25) is 0 Å². The molecule has 6 nitrogen and oxygen atoms in total. The molecule has 6 rings (SSSR count). The van der Waals surface area contributed by atoms with Crippen molar-refractivity contribution in [1.82, 2.24) is 14.9 Å². The van der Waals surface area contributed by atoms with E-state index in [0.717, 1.165) is 59.3 Å². The zero-order valence-corrected chi connectivity index (χ0v) is 23.3. The molecule has 0 radical (unpaired) electrons. The normalized spacial score (nSPS) is 14.6. The molecule has 198 valence electrons. The van der Waals surface area contributed by atoms with Gasteiger partial charge in [0, 0.05) is 36.0 Å². The lowest BCUT2D eigenvalue weighted by Gasteiger charge is -2.33. The molecule has 1 amide bonds. The van der Waals surface area contributed by atoms with Crippen LogP contribution in [0.2, 0.25) is 0 Å². The van der Waals surface area contributed by atoms with Crippen LogP contribution in [0.4, 0.5) is 16.2 Å². The Hall–Kier alpha value is -3.97. The Morgan fingerprint density at radius 3 is 2.46 bits per heavy atom. The van der Waals surface area contributed by atoms with E-state index in [1.165, 1.54) is 15.8 Å². The van der Waals surface area contributed by atoms with Gasteiger partial charge in [-0.3, -0.25) is 4.98 Å². The van der Waals surface area contributed by atoms with Gasteiger partial charge in [-0.1, -0.05) is 30.3 Å². The van der Waals surface area contributed by atoms with E-state index >= 15 is 0 Å². The predicted molar refractivity (Wildman–Crippen MR) is 160 cm³/mol. The van der Waals surface area contributed by atoms with Crippen LogP contribution in [-0.4, -0.2) is 39.7 Å². The third kappa shape index (κ3) is 5.59. The average molecular weight is 537 g/mol. The largest absolute Gasteiger partial charge is 0.444 e. The average Bonchev–Trinajstić information content (AvgIpc) is 3.40. The molecular formula is C32H32N4O2S. The maximum Gasteiger partial charge on any atom is 0.410 e. The summed E-state index contributed by atoms with van der Waals surface area (Å²) in [5.74, 6) is 0.449. The fourth-order valence-electron chi connectivity index (χ4n) is 5.20. The fraction of sp³-hybridized carbons (Fsp3) is 0.281. The highest BCUT2D eigenvalue weighted by atomic mass is 32.1. The number of fused-ring (bicyclic) bond motifs is 2. The number of hydrogen-bond acceptors (Lipinski definition) is 6. The molecule has 2 aromatic heterocycles. The number of amides is 1. The number of ether oxygens (including phenoxy) is 1. The SMILES string of the molecule is CC(C)(C)OC(=O)N1CCC(c2ccc(-c3ccc4nccc(Nc5ccc6scnc6c5)c4c3)cc2)CC1. The Balaban J connectivity index is 1.18. The lowest BCUT2D eigenvalue weighted by Crippen LogP contribution is -2.41. The number of carbonyl (C=O) groups is 1. The van der Waals surface area contributed by atoms with Crippen LogP contribution in [-0.2, 0) is 4.74 Å². The second-order valence-electron chi connectivity index (χ2n) is 11.1. The molecule has 1 aliphatic rings. The van der Waals surface area contributed by atoms with Gasteiger partial charge in [-0.25, -0.2) is 9.78 Å². The number of thiazole rings is 1. The first-order valence-corrected chi connectivity index (χ1v) is 14.3. The van der Waals surface area contributed by atoms with Crippen LogP contribution < -0.4 is 5.32 Å². The molecule has 1 aliphatic heterocycles. The number of rotatable bonds is 4. The minimum atomic E-state index is -0.463. The molecule has 3 heterocycles. The molecule has 0 spiro atoms. The molecule has 0 aliphatic carbocycles. The minimum absolute atomic E-state index is 0.209. The van der Waals surface area contributed by atoms with E-state index in [9.17, 15) is 4.79 Å². The van der Waals surface area contributed by atoms with E-state index in [4.69, 9.17) is 4.74 Å². The summed E-state index contributed by atoms with van der Waals surface area (Å²) in [6.07, 6.45) is 3.53. The van der Waals surface area contributed by atoms with Crippen molar-refractivity contribution in [3.05, 3.63) is 84.0 Å². The van der Waals surface area contributed by atoms with Crippen molar-refractivity contribution in [3.63, 3.8) is 0 Å². The van der Waals surface area contributed by atoms with Crippen LogP contribution >= 0.6 is 11.3 Å². The van der Waals surface area contributed by atoms with Crippen LogP contribution in [0, 0.1) is 0 Å². The van der Waals surface area contributed by atoms with E-state index in [2.05, 4.69) is 75.9 Å². The Kier molecular flexibility index (Phi) is 6.69. The van der Waals surface area contributed by atoms with E-state index in [0.29, 0.717) is 5.92 Å². The molecule has 0 bridgehead atoms. The Morgan fingerprint density at radius 1 is 0.923 bits per heavy atom. The first-order valence-electron chi connectivity index (χ1n) is 13.4. The van der Waals surface area contributed by atoms with Crippen LogP contribution in [0.25, 0.3) is 32.2 Å². The minimum Gasteiger partial charge on any atom is -0.444 e. The first kappa shape index (κ1) is 25.3. The number of nitrogens with zero attached hydrogens (tertiary/aromatic N) is 3. The molecule has 0 saturated carbocycles. The monoisotopic (exact) mass is 536 g/mol. The summed E-state index contributed by atoms with van der Waals surface area (Å²) < 4.78 is 6.72. The standard InChI is InChI=1S/C32H32N4O2S/c1-32(2,3)38-31(37)36-16-13-23(14-17-36)21-4-6-22(7-5-21)24-8-10-27-26(18-24)28(12-15-33-27)35-25-9-11-30-29(19-25)34-20-39-30/h4-12,15,18-20,23H,13-14,16-17H2,1-3H3,(H,33,35). The maximum atomic E-state index is 12.4. The molecule has 5 aromatic rings. The van der Waals surface area contributed by atoms with Crippen LogP contribution in [0.5, 0.6) is 0 Å². The van der Waals surface area contributed by atoms with Crippen molar-refractivity contribution in [3.8, 4) is 11.1 Å². The van der Waals surface area contributed by atoms with E-state index in [1.54, 1.807) is 11.3 Å². The third-order valence-electron chi connectivity index (χ3n) is 7.21. The van der Waals surface area contributed by atoms with Crippen molar-refractivity contribution in [2.24, 2.45) is 0 Å². The topological polar surface area (TPSA) is 67.3 Å². The van der Waals surface area contributed by atoms with Crippen LogP contribution in [0.3, 0.4) is 0 Å². The predicted octanol–water partition coefficient (Wildman–Crippen LogP) is 8.37. The highest BCUT2D eigenvalue weighted by Gasteiger charge is 2.27. The number of aromatic nitrogens is 2. The summed E-state index contributed by atoms with van der Waals surface area (Å²) in [7, 11) is 0. The summed E-state index contributed by atoms with van der Waals surface area (Å²) >= 11 is 1.65. The fourth-order valence-corrected chi connectivity index (χ4v) is 5.85. The van der Waals surface area contributed by atoms with Gasteiger partial charge in [0.25, 0.3) is 0 Å². The summed E-state index contributed by atoms with van der Waals surface area (Å²) in [5, 5.41) is 4.65. The molecule has 39 heavy (non-hydrogen) atoms. The highest BCUT2D eigenvalue weighted by Crippen LogP contribution is 2.33. The van der Waals surface area contributed by atoms with Gasteiger partial charge in [-0.15, -0.1) is 11.3 Å². The molecular weight excluding hydrogens is 504 g/mol. The van der Waals surface area contributed by atoms with E-state index in [-0.39, 0.29) is 6.09 Å². The second kappa shape index (κ2) is 10.3. The van der Waals surface area contributed by atoms with Crippen molar-refractivity contribution < 1.29 is 9.53 Å².